The number of halogens is 1. The number of hydrogen-bond acceptors (Lipinski definition) is 2. The largest absolute Gasteiger partial charge is 0.480 e. The second kappa shape index (κ2) is 6.14. The number of hydrogen-bond donors (Lipinski definition) is 1. The first-order valence-electron chi connectivity index (χ1n) is 5.74. The Morgan fingerprint density at radius 3 is 2.50 bits per heavy atom. The van der Waals surface area contributed by atoms with Crippen LogP contribution in [-0.2, 0) is 4.79 Å². The van der Waals surface area contributed by atoms with Crippen molar-refractivity contribution in [2.24, 2.45) is 0 Å². The van der Waals surface area contributed by atoms with Gasteiger partial charge in [0.15, 0.2) is 0 Å². The minimum atomic E-state index is -1.11. The molecule has 18 heavy (non-hydrogen) atoms. The van der Waals surface area contributed by atoms with Crippen LogP contribution in [0.2, 0.25) is 0 Å². The lowest BCUT2D eigenvalue weighted by atomic mass is 10.1. The summed E-state index contributed by atoms with van der Waals surface area (Å²) < 4.78 is 13.5. The van der Waals surface area contributed by atoms with E-state index in [1.807, 2.05) is 6.92 Å². The molecule has 0 saturated heterocycles. The molecule has 4 nitrogen and oxygen atoms in total. The van der Waals surface area contributed by atoms with E-state index in [4.69, 9.17) is 5.11 Å². The molecule has 0 saturated carbocycles. The fraction of sp³-hybridized carbons (Fsp3) is 0.385. The van der Waals surface area contributed by atoms with Gasteiger partial charge in [0.1, 0.15) is 12.4 Å². The molecule has 0 spiro atoms. The summed E-state index contributed by atoms with van der Waals surface area (Å²) in [5.41, 5.74) is -0.0981. The van der Waals surface area contributed by atoms with Crippen LogP contribution in [0.15, 0.2) is 24.3 Å². The van der Waals surface area contributed by atoms with Gasteiger partial charge in [0.25, 0.3) is 5.91 Å². The highest BCUT2D eigenvalue weighted by molar-refractivity contribution is 5.96. The number of carbonyl (C=O) groups is 2. The lowest BCUT2D eigenvalue weighted by molar-refractivity contribution is -0.138. The van der Waals surface area contributed by atoms with Crippen molar-refractivity contribution in [2.45, 2.75) is 26.3 Å². The fourth-order valence-electron chi connectivity index (χ4n) is 1.58. The van der Waals surface area contributed by atoms with Crippen molar-refractivity contribution < 1.29 is 19.1 Å². The molecule has 1 aromatic rings. The standard InChI is InChI=1S/C13H16FNO3/c1-3-9(2)15(8-12(16)17)13(18)10-6-4-5-7-11(10)14/h4-7,9H,3,8H2,1-2H3,(H,16,17). The maximum Gasteiger partial charge on any atom is 0.323 e. The lowest BCUT2D eigenvalue weighted by Gasteiger charge is -2.27. The van der Waals surface area contributed by atoms with Crippen LogP contribution in [0.3, 0.4) is 0 Å². The van der Waals surface area contributed by atoms with E-state index < -0.39 is 24.2 Å². The summed E-state index contributed by atoms with van der Waals surface area (Å²) >= 11 is 0. The molecule has 1 aromatic carbocycles. The van der Waals surface area contributed by atoms with Gasteiger partial charge >= 0.3 is 5.97 Å². The second-order valence-electron chi connectivity index (χ2n) is 4.06. The molecule has 0 aliphatic rings. The van der Waals surface area contributed by atoms with Gasteiger partial charge in [0, 0.05) is 6.04 Å². The van der Waals surface area contributed by atoms with E-state index in [-0.39, 0.29) is 11.6 Å². The first kappa shape index (κ1) is 14.2. The van der Waals surface area contributed by atoms with Crippen LogP contribution >= 0.6 is 0 Å². The molecule has 0 aliphatic heterocycles. The first-order chi connectivity index (χ1) is 8.47. The van der Waals surface area contributed by atoms with Crippen LogP contribution in [0, 0.1) is 5.82 Å². The van der Waals surface area contributed by atoms with Gasteiger partial charge < -0.3 is 10.0 Å². The fourth-order valence-corrected chi connectivity index (χ4v) is 1.58. The average molecular weight is 253 g/mol. The van der Waals surface area contributed by atoms with Crippen LogP contribution in [0.1, 0.15) is 30.6 Å². The molecule has 0 bridgehead atoms. The molecule has 1 atom stereocenters. The molecule has 1 amide bonds. The third-order valence-corrected chi connectivity index (χ3v) is 2.79. The summed E-state index contributed by atoms with van der Waals surface area (Å²) in [5, 5.41) is 8.81. The van der Waals surface area contributed by atoms with Crippen molar-refractivity contribution >= 4 is 11.9 Å². The molecule has 1 rings (SSSR count). The Morgan fingerprint density at radius 2 is 2.00 bits per heavy atom. The van der Waals surface area contributed by atoms with Gasteiger partial charge in [-0.2, -0.15) is 0 Å². The van der Waals surface area contributed by atoms with Gasteiger partial charge in [-0.1, -0.05) is 19.1 Å². The maximum absolute atomic E-state index is 13.5. The Balaban J connectivity index is 3.02. The van der Waals surface area contributed by atoms with Crippen molar-refractivity contribution in [1.29, 1.82) is 0 Å². The molecule has 0 fully saturated rings. The quantitative estimate of drug-likeness (QED) is 0.874. The summed E-state index contributed by atoms with van der Waals surface area (Å²) in [6, 6.07) is 5.31. The lowest BCUT2D eigenvalue weighted by Crippen LogP contribution is -2.42. The molecule has 5 heteroatoms. The highest BCUT2D eigenvalue weighted by atomic mass is 19.1. The van der Waals surface area contributed by atoms with Crippen molar-refractivity contribution in [1.82, 2.24) is 4.90 Å². The van der Waals surface area contributed by atoms with Crippen molar-refractivity contribution in [2.75, 3.05) is 6.54 Å². The van der Waals surface area contributed by atoms with Gasteiger partial charge in [-0.05, 0) is 25.5 Å². The van der Waals surface area contributed by atoms with E-state index in [0.717, 1.165) is 0 Å². The van der Waals surface area contributed by atoms with Gasteiger partial charge in [-0.15, -0.1) is 0 Å². The number of benzene rings is 1. The number of aliphatic carboxylic acids is 1. The Kier molecular flexibility index (Phi) is 4.83. The third kappa shape index (κ3) is 3.29. The monoisotopic (exact) mass is 253 g/mol. The van der Waals surface area contributed by atoms with E-state index in [0.29, 0.717) is 6.42 Å². The number of rotatable bonds is 5. The topological polar surface area (TPSA) is 57.6 Å². The van der Waals surface area contributed by atoms with Crippen molar-refractivity contribution in [3.63, 3.8) is 0 Å². The first-order valence-corrected chi connectivity index (χ1v) is 5.74. The van der Waals surface area contributed by atoms with Crippen LogP contribution in [0.4, 0.5) is 4.39 Å². The van der Waals surface area contributed by atoms with Gasteiger partial charge in [0.2, 0.25) is 0 Å². The Labute approximate surface area is 105 Å². The highest BCUT2D eigenvalue weighted by Gasteiger charge is 2.24. The van der Waals surface area contributed by atoms with Gasteiger partial charge in [-0.25, -0.2) is 4.39 Å². The predicted molar refractivity (Wildman–Crippen MR) is 64.8 cm³/mol. The van der Waals surface area contributed by atoms with Crippen LogP contribution in [-0.4, -0.2) is 34.5 Å². The predicted octanol–water partition coefficient (Wildman–Crippen LogP) is 2.15. The third-order valence-electron chi connectivity index (χ3n) is 2.79. The van der Waals surface area contributed by atoms with E-state index in [1.165, 1.54) is 23.1 Å². The summed E-state index contributed by atoms with van der Waals surface area (Å²) in [7, 11) is 0. The minimum Gasteiger partial charge on any atom is -0.480 e. The summed E-state index contributed by atoms with van der Waals surface area (Å²) in [4.78, 5) is 24.1. The molecule has 0 radical (unpaired) electrons. The SMILES string of the molecule is CCC(C)N(CC(=O)O)C(=O)c1ccccc1F. The van der Waals surface area contributed by atoms with Crippen LogP contribution in [0.5, 0.6) is 0 Å². The Bertz CT molecular complexity index is 448. The molecule has 1 unspecified atom stereocenters. The maximum atomic E-state index is 13.5. The number of carboxylic acids is 1. The summed E-state index contributed by atoms with van der Waals surface area (Å²) in [6.45, 7) is 3.15. The van der Waals surface area contributed by atoms with Crippen molar-refractivity contribution in [3.8, 4) is 0 Å². The zero-order chi connectivity index (χ0) is 13.7. The molecular formula is C13H16FNO3. The normalized spacial score (nSPS) is 11.9. The summed E-state index contributed by atoms with van der Waals surface area (Å²) in [5.74, 6) is -2.34. The van der Waals surface area contributed by atoms with E-state index in [1.54, 1.807) is 13.0 Å². The zero-order valence-electron chi connectivity index (χ0n) is 10.4. The second-order valence-corrected chi connectivity index (χ2v) is 4.06. The smallest absolute Gasteiger partial charge is 0.323 e. The molecular weight excluding hydrogens is 237 g/mol. The molecule has 0 aromatic heterocycles. The van der Waals surface area contributed by atoms with Crippen LogP contribution < -0.4 is 0 Å². The van der Waals surface area contributed by atoms with Gasteiger partial charge in [-0.3, -0.25) is 9.59 Å². The van der Waals surface area contributed by atoms with Gasteiger partial charge in [0.05, 0.1) is 5.56 Å². The minimum absolute atomic E-state index is 0.0981. The number of carbonyl (C=O) groups excluding carboxylic acids is 1. The van der Waals surface area contributed by atoms with E-state index in [2.05, 4.69) is 0 Å². The Hall–Kier alpha value is -1.91. The molecule has 98 valence electrons. The molecule has 0 aliphatic carbocycles. The Morgan fingerprint density at radius 1 is 1.39 bits per heavy atom. The van der Waals surface area contributed by atoms with Crippen molar-refractivity contribution in [3.05, 3.63) is 35.6 Å². The number of amides is 1. The van der Waals surface area contributed by atoms with E-state index >= 15 is 0 Å². The zero-order valence-corrected chi connectivity index (χ0v) is 10.4. The average Bonchev–Trinajstić information content (AvgIpc) is 2.34. The van der Waals surface area contributed by atoms with Crippen LogP contribution in [0.25, 0.3) is 0 Å². The number of nitrogens with zero attached hydrogens (tertiary/aromatic N) is 1. The molecule has 1 N–H and O–H groups in total. The number of carboxylic acid groups (broad SMARTS) is 1. The van der Waals surface area contributed by atoms with E-state index in [9.17, 15) is 14.0 Å². The molecule has 0 heterocycles. The highest BCUT2D eigenvalue weighted by Crippen LogP contribution is 2.13. The summed E-state index contributed by atoms with van der Waals surface area (Å²) in [6.07, 6.45) is 0.605.